The predicted molar refractivity (Wildman–Crippen MR) is 95.3 cm³/mol. The monoisotopic (exact) mass is 371 g/mol. The van der Waals surface area contributed by atoms with Crippen LogP contribution in [0.4, 0.5) is 0 Å². The summed E-state index contributed by atoms with van der Waals surface area (Å²) >= 11 is 12.3. The Morgan fingerprint density at radius 2 is 1.92 bits per heavy atom. The third kappa shape index (κ3) is 3.82. The van der Waals surface area contributed by atoms with Crippen LogP contribution in [0.1, 0.15) is 5.56 Å². The SMILES string of the molecule is COc1nc(-c2ccccn2)cc(Oc2cc(Cl)cc(C#N)c2)c1Cl. The maximum atomic E-state index is 9.05. The highest BCUT2D eigenvalue weighted by atomic mass is 35.5. The lowest BCUT2D eigenvalue weighted by atomic mass is 10.2. The van der Waals surface area contributed by atoms with Gasteiger partial charge < -0.3 is 9.47 Å². The summed E-state index contributed by atoms with van der Waals surface area (Å²) in [6.45, 7) is 0. The van der Waals surface area contributed by atoms with Gasteiger partial charge in [0.2, 0.25) is 5.88 Å². The zero-order chi connectivity index (χ0) is 17.8. The first-order valence-electron chi connectivity index (χ1n) is 7.15. The average Bonchev–Trinajstić information content (AvgIpc) is 2.63. The van der Waals surface area contributed by atoms with Crippen molar-refractivity contribution in [2.75, 3.05) is 7.11 Å². The van der Waals surface area contributed by atoms with Gasteiger partial charge in [0.05, 0.1) is 30.1 Å². The van der Waals surface area contributed by atoms with Gasteiger partial charge in [-0.15, -0.1) is 0 Å². The number of hydrogen-bond acceptors (Lipinski definition) is 5. The highest BCUT2D eigenvalue weighted by Crippen LogP contribution is 2.38. The van der Waals surface area contributed by atoms with Crippen LogP contribution in [-0.2, 0) is 0 Å². The highest BCUT2D eigenvalue weighted by molar-refractivity contribution is 6.33. The molecule has 2 aromatic heterocycles. The Morgan fingerprint density at radius 3 is 2.60 bits per heavy atom. The fraction of sp³-hybridized carbons (Fsp3) is 0.0556. The van der Waals surface area contributed by atoms with Gasteiger partial charge in [-0.1, -0.05) is 29.3 Å². The van der Waals surface area contributed by atoms with E-state index in [0.717, 1.165) is 0 Å². The van der Waals surface area contributed by atoms with Crippen molar-refractivity contribution in [2.45, 2.75) is 0 Å². The van der Waals surface area contributed by atoms with E-state index in [4.69, 9.17) is 37.9 Å². The van der Waals surface area contributed by atoms with Crippen molar-refractivity contribution in [2.24, 2.45) is 0 Å². The summed E-state index contributed by atoms with van der Waals surface area (Å²) in [6, 6.07) is 13.8. The molecule has 124 valence electrons. The van der Waals surface area contributed by atoms with Crippen molar-refractivity contribution < 1.29 is 9.47 Å². The van der Waals surface area contributed by atoms with Crippen LogP contribution in [0.25, 0.3) is 11.4 Å². The lowest BCUT2D eigenvalue weighted by molar-refractivity contribution is 0.393. The second-order valence-electron chi connectivity index (χ2n) is 4.93. The molecule has 3 aromatic rings. The Kier molecular flexibility index (Phi) is 5.03. The van der Waals surface area contributed by atoms with Gasteiger partial charge in [-0.2, -0.15) is 5.26 Å². The summed E-state index contributed by atoms with van der Waals surface area (Å²) in [7, 11) is 1.47. The first kappa shape index (κ1) is 17.0. The summed E-state index contributed by atoms with van der Waals surface area (Å²) in [5.41, 5.74) is 1.56. The van der Waals surface area contributed by atoms with Gasteiger partial charge in [0.1, 0.15) is 10.8 Å². The highest BCUT2D eigenvalue weighted by Gasteiger charge is 2.16. The minimum Gasteiger partial charge on any atom is -0.480 e. The van der Waals surface area contributed by atoms with E-state index in [2.05, 4.69) is 9.97 Å². The van der Waals surface area contributed by atoms with Gasteiger partial charge in [0, 0.05) is 17.3 Å². The summed E-state index contributed by atoms with van der Waals surface area (Å²) in [5.74, 6) is 0.911. The van der Waals surface area contributed by atoms with E-state index in [-0.39, 0.29) is 10.9 Å². The fourth-order valence-electron chi connectivity index (χ4n) is 2.15. The summed E-state index contributed by atoms with van der Waals surface area (Å²) in [6.07, 6.45) is 1.66. The quantitative estimate of drug-likeness (QED) is 0.636. The number of benzene rings is 1. The molecule has 0 aliphatic rings. The number of rotatable bonds is 4. The molecular weight excluding hydrogens is 361 g/mol. The molecule has 0 amide bonds. The Labute approximate surface area is 154 Å². The van der Waals surface area contributed by atoms with Crippen LogP contribution >= 0.6 is 23.2 Å². The van der Waals surface area contributed by atoms with Crippen LogP contribution in [0.3, 0.4) is 0 Å². The average molecular weight is 372 g/mol. The number of methoxy groups -OCH3 is 1. The van der Waals surface area contributed by atoms with Crippen LogP contribution in [0.15, 0.2) is 48.7 Å². The lowest BCUT2D eigenvalue weighted by Crippen LogP contribution is -1.96. The maximum Gasteiger partial charge on any atom is 0.236 e. The first-order valence-corrected chi connectivity index (χ1v) is 7.91. The Hall–Kier alpha value is -2.81. The number of ether oxygens (including phenoxy) is 2. The van der Waals surface area contributed by atoms with E-state index in [0.29, 0.717) is 33.5 Å². The molecule has 0 atom stereocenters. The number of nitrogens with zero attached hydrogens (tertiary/aromatic N) is 3. The molecule has 0 saturated carbocycles. The van der Waals surface area contributed by atoms with Crippen LogP contribution in [0.5, 0.6) is 17.4 Å². The normalized spacial score (nSPS) is 10.2. The largest absolute Gasteiger partial charge is 0.480 e. The second kappa shape index (κ2) is 7.39. The third-order valence-corrected chi connectivity index (χ3v) is 3.81. The number of pyridine rings is 2. The second-order valence-corrected chi connectivity index (χ2v) is 5.75. The van der Waals surface area contributed by atoms with E-state index in [1.807, 2.05) is 24.3 Å². The van der Waals surface area contributed by atoms with Crippen molar-refractivity contribution in [3.8, 4) is 34.8 Å². The minimum atomic E-state index is 0.209. The number of nitriles is 1. The third-order valence-electron chi connectivity index (χ3n) is 3.24. The standard InChI is InChI=1S/C18H11Cl2N3O2/c1-24-18-17(20)16(9-15(23-18)14-4-2-3-5-22-14)25-13-7-11(10-21)6-12(19)8-13/h2-9H,1H3. The summed E-state index contributed by atoms with van der Waals surface area (Å²) in [4.78, 5) is 8.60. The lowest BCUT2D eigenvalue weighted by Gasteiger charge is -2.12. The van der Waals surface area contributed by atoms with E-state index in [1.165, 1.54) is 7.11 Å². The van der Waals surface area contributed by atoms with Crippen molar-refractivity contribution in [3.63, 3.8) is 0 Å². The van der Waals surface area contributed by atoms with Crippen molar-refractivity contribution >= 4 is 23.2 Å². The number of halogens is 2. The smallest absolute Gasteiger partial charge is 0.236 e. The maximum absolute atomic E-state index is 9.05. The molecule has 1 aromatic carbocycles. The zero-order valence-corrected chi connectivity index (χ0v) is 14.5. The molecule has 0 unspecified atom stereocenters. The van der Waals surface area contributed by atoms with E-state index >= 15 is 0 Å². The Balaban J connectivity index is 2.07. The van der Waals surface area contributed by atoms with E-state index in [1.54, 1.807) is 30.5 Å². The van der Waals surface area contributed by atoms with Gasteiger partial charge >= 0.3 is 0 Å². The topological polar surface area (TPSA) is 68.0 Å². The van der Waals surface area contributed by atoms with Gasteiger partial charge in [-0.25, -0.2) is 4.98 Å². The molecule has 0 radical (unpaired) electrons. The molecule has 0 N–H and O–H groups in total. The van der Waals surface area contributed by atoms with Crippen molar-refractivity contribution in [1.82, 2.24) is 9.97 Å². The Morgan fingerprint density at radius 1 is 1.08 bits per heavy atom. The molecular formula is C18H11Cl2N3O2. The summed E-state index contributed by atoms with van der Waals surface area (Å²) in [5, 5.41) is 9.65. The fourth-order valence-corrected chi connectivity index (χ4v) is 2.59. The number of hydrogen-bond donors (Lipinski definition) is 0. The molecule has 0 fully saturated rings. The van der Waals surface area contributed by atoms with Crippen LogP contribution in [0.2, 0.25) is 10.0 Å². The van der Waals surface area contributed by atoms with Crippen LogP contribution in [-0.4, -0.2) is 17.1 Å². The van der Waals surface area contributed by atoms with Crippen LogP contribution < -0.4 is 9.47 Å². The molecule has 0 bridgehead atoms. The molecule has 0 aliphatic heterocycles. The van der Waals surface area contributed by atoms with Gasteiger partial charge in [-0.3, -0.25) is 4.98 Å². The minimum absolute atomic E-state index is 0.209. The van der Waals surface area contributed by atoms with Gasteiger partial charge in [0.15, 0.2) is 5.75 Å². The molecule has 7 heteroatoms. The van der Waals surface area contributed by atoms with E-state index in [9.17, 15) is 0 Å². The molecule has 25 heavy (non-hydrogen) atoms. The molecule has 3 rings (SSSR count). The Bertz CT molecular complexity index is 957. The van der Waals surface area contributed by atoms with Crippen LogP contribution in [0, 0.1) is 11.3 Å². The molecule has 5 nitrogen and oxygen atoms in total. The molecule has 0 saturated heterocycles. The molecule has 0 spiro atoms. The summed E-state index contributed by atoms with van der Waals surface area (Å²) < 4.78 is 11.0. The number of aromatic nitrogens is 2. The molecule has 0 aliphatic carbocycles. The van der Waals surface area contributed by atoms with Gasteiger partial charge in [-0.05, 0) is 30.3 Å². The first-order chi connectivity index (χ1) is 12.1. The van der Waals surface area contributed by atoms with Gasteiger partial charge in [0.25, 0.3) is 0 Å². The van der Waals surface area contributed by atoms with E-state index < -0.39 is 0 Å². The zero-order valence-electron chi connectivity index (χ0n) is 13.0. The predicted octanol–water partition coefficient (Wildman–Crippen LogP) is 5.12. The van der Waals surface area contributed by atoms with Crippen molar-refractivity contribution in [1.29, 1.82) is 5.26 Å². The molecule has 2 heterocycles. The van der Waals surface area contributed by atoms with Crippen molar-refractivity contribution in [3.05, 3.63) is 64.3 Å².